The maximum atomic E-state index is 5.99. The molecule has 0 aromatic heterocycles. The number of nitrogens with zero attached hydrogens (tertiary/aromatic N) is 1. The van der Waals surface area contributed by atoms with Crippen LogP contribution in [0.5, 0.6) is 5.75 Å². The molecule has 3 nitrogen and oxygen atoms in total. The third kappa shape index (κ3) is 3.20. The van der Waals surface area contributed by atoms with Crippen molar-refractivity contribution in [1.82, 2.24) is 4.90 Å². The maximum Gasteiger partial charge on any atom is 0.121 e. The molecule has 1 heterocycles. The van der Waals surface area contributed by atoms with E-state index in [2.05, 4.69) is 30.0 Å². The molecular weight excluding hydrogens is 212 g/mol. The van der Waals surface area contributed by atoms with E-state index in [0.29, 0.717) is 6.04 Å². The second-order valence-electron chi connectivity index (χ2n) is 4.94. The average Bonchev–Trinajstić information content (AvgIpc) is 2.29. The quantitative estimate of drug-likeness (QED) is 0.868. The predicted molar refractivity (Wildman–Crippen MR) is 70.2 cm³/mol. The van der Waals surface area contributed by atoms with Crippen molar-refractivity contribution in [3.8, 4) is 5.75 Å². The van der Waals surface area contributed by atoms with Gasteiger partial charge in [0.15, 0.2) is 0 Å². The third-order valence-corrected chi connectivity index (χ3v) is 3.41. The summed E-state index contributed by atoms with van der Waals surface area (Å²) in [6, 6.07) is 6.75. The molecule has 2 N–H and O–H groups in total. The van der Waals surface area contributed by atoms with E-state index < -0.39 is 0 Å². The summed E-state index contributed by atoms with van der Waals surface area (Å²) in [5.74, 6) is 0.962. The summed E-state index contributed by atoms with van der Waals surface area (Å²) >= 11 is 0. The summed E-state index contributed by atoms with van der Waals surface area (Å²) in [4.78, 5) is 2.44. The lowest BCUT2D eigenvalue weighted by molar-refractivity contribution is 0.201. The fraction of sp³-hybridized carbons (Fsp3) is 0.571. The van der Waals surface area contributed by atoms with E-state index in [9.17, 15) is 0 Å². The molecule has 1 unspecified atom stereocenters. The number of nitrogens with two attached hydrogens (primary N) is 1. The van der Waals surface area contributed by atoms with E-state index in [1.807, 2.05) is 0 Å². The van der Waals surface area contributed by atoms with Crippen LogP contribution in [0.1, 0.15) is 24.0 Å². The van der Waals surface area contributed by atoms with E-state index in [0.717, 1.165) is 25.3 Å². The average molecular weight is 234 g/mol. The van der Waals surface area contributed by atoms with Crippen molar-refractivity contribution in [3.63, 3.8) is 0 Å². The molecule has 0 amide bonds. The van der Waals surface area contributed by atoms with Crippen LogP contribution in [-0.4, -0.2) is 31.1 Å². The Morgan fingerprint density at radius 3 is 2.94 bits per heavy atom. The standard InChI is InChI=1S/C14H22N2O/c1-11-8-12(5-6-14(11)17-2)9-16-7-3-4-13(15)10-16/h5-6,8,13H,3-4,7,9-10,15H2,1-2H3. The Bertz CT molecular complexity index is 378. The number of hydrogen-bond donors (Lipinski definition) is 1. The van der Waals surface area contributed by atoms with E-state index in [1.165, 1.54) is 24.1 Å². The van der Waals surface area contributed by atoms with Crippen LogP contribution >= 0.6 is 0 Å². The molecule has 3 heteroatoms. The van der Waals surface area contributed by atoms with Crippen LogP contribution in [0.15, 0.2) is 18.2 Å². The summed E-state index contributed by atoms with van der Waals surface area (Å²) < 4.78 is 5.27. The highest BCUT2D eigenvalue weighted by molar-refractivity contribution is 5.36. The van der Waals surface area contributed by atoms with Gasteiger partial charge in [0.2, 0.25) is 0 Å². The molecule has 0 spiro atoms. The van der Waals surface area contributed by atoms with Gasteiger partial charge >= 0.3 is 0 Å². The molecule has 1 fully saturated rings. The number of rotatable bonds is 3. The van der Waals surface area contributed by atoms with Crippen LogP contribution < -0.4 is 10.5 Å². The molecule has 1 aliphatic heterocycles. The topological polar surface area (TPSA) is 38.5 Å². The van der Waals surface area contributed by atoms with Gasteiger partial charge in [0, 0.05) is 19.1 Å². The van der Waals surface area contributed by atoms with Crippen molar-refractivity contribution < 1.29 is 4.74 Å². The first-order valence-corrected chi connectivity index (χ1v) is 6.30. The normalized spacial score (nSPS) is 21.5. The zero-order valence-corrected chi connectivity index (χ0v) is 10.8. The minimum atomic E-state index is 0.350. The lowest BCUT2D eigenvalue weighted by Crippen LogP contribution is -2.42. The monoisotopic (exact) mass is 234 g/mol. The van der Waals surface area contributed by atoms with Crippen LogP contribution in [-0.2, 0) is 6.54 Å². The fourth-order valence-corrected chi connectivity index (χ4v) is 2.53. The molecule has 94 valence electrons. The molecule has 1 aromatic rings. The molecule has 2 rings (SSSR count). The van der Waals surface area contributed by atoms with Gasteiger partial charge < -0.3 is 10.5 Å². The number of aryl methyl sites for hydroxylation is 1. The summed E-state index contributed by atoms with van der Waals surface area (Å²) in [5.41, 5.74) is 8.54. The van der Waals surface area contributed by atoms with Crippen molar-refractivity contribution in [2.45, 2.75) is 32.4 Å². The first-order chi connectivity index (χ1) is 8.19. The highest BCUT2D eigenvalue weighted by Gasteiger charge is 2.16. The molecule has 0 aliphatic carbocycles. The highest BCUT2D eigenvalue weighted by Crippen LogP contribution is 2.20. The molecule has 1 saturated heterocycles. The molecule has 17 heavy (non-hydrogen) atoms. The molecule has 0 radical (unpaired) electrons. The second-order valence-corrected chi connectivity index (χ2v) is 4.94. The van der Waals surface area contributed by atoms with Gasteiger partial charge in [0.25, 0.3) is 0 Å². The Hall–Kier alpha value is -1.06. The maximum absolute atomic E-state index is 5.99. The van der Waals surface area contributed by atoms with E-state index in [4.69, 9.17) is 10.5 Å². The largest absolute Gasteiger partial charge is 0.496 e. The third-order valence-electron chi connectivity index (χ3n) is 3.41. The van der Waals surface area contributed by atoms with Gasteiger partial charge in [-0.15, -0.1) is 0 Å². The van der Waals surface area contributed by atoms with Gasteiger partial charge in [-0.1, -0.05) is 12.1 Å². The highest BCUT2D eigenvalue weighted by atomic mass is 16.5. The molecule has 1 aliphatic rings. The molecule has 1 atom stereocenters. The number of likely N-dealkylation sites (tertiary alicyclic amines) is 1. The first-order valence-electron chi connectivity index (χ1n) is 6.30. The molecule has 0 bridgehead atoms. The summed E-state index contributed by atoms with van der Waals surface area (Å²) in [6.07, 6.45) is 2.38. The SMILES string of the molecule is COc1ccc(CN2CCCC(N)C2)cc1C. The predicted octanol–water partition coefficient (Wildman–Crippen LogP) is 1.93. The minimum absolute atomic E-state index is 0.350. The summed E-state index contributed by atoms with van der Waals surface area (Å²) in [6.45, 7) is 5.27. The number of piperidine rings is 1. The number of methoxy groups -OCH3 is 1. The van der Waals surface area contributed by atoms with Gasteiger partial charge in [0.05, 0.1) is 7.11 Å². The van der Waals surface area contributed by atoms with Crippen molar-refractivity contribution >= 4 is 0 Å². The van der Waals surface area contributed by atoms with Crippen molar-refractivity contribution in [1.29, 1.82) is 0 Å². The van der Waals surface area contributed by atoms with Crippen molar-refractivity contribution in [2.24, 2.45) is 5.73 Å². The Labute approximate surface area is 104 Å². The van der Waals surface area contributed by atoms with E-state index in [1.54, 1.807) is 7.11 Å². The van der Waals surface area contributed by atoms with Crippen LogP contribution in [0.4, 0.5) is 0 Å². The summed E-state index contributed by atoms with van der Waals surface area (Å²) in [5, 5.41) is 0. The van der Waals surface area contributed by atoms with Crippen molar-refractivity contribution in [3.05, 3.63) is 29.3 Å². The smallest absolute Gasteiger partial charge is 0.121 e. The van der Waals surface area contributed by atoms with Gasteiger partial charge in [0.1, 0.15) is 5.75 Å². The van der Waals surface area contributed by atoms with Gasteiger partial charge in [-0.2, -0.15) is 0 Å². The summed E-state index contributed by atoms with van der Waals surface area (Å²) in [7, 11) is 1.71. The van der Waals surface area contributed by atoms with Gasteiger partial charge in [-0.05, 0) is 43.5 Å². The zero-order chi connectivity index (χ0) is 12.3. The fourth-order valence-electron chi connectivity index (χ4n) is 2.53. The molecule has 0 saturated carbocycles. The Morgan fingerprint density at radius 1 is 1.47 bits per heavy atom. The lowest BCUT2D eigenvalue weighted by Gasteiger charge is -2.30. The molecule has 1 aromatic carbocycles. The van der Waals surface area contributed by atoms with Gasteiger partial charge in [-0.25, -0.2) is 0 Å². The van der Waals surface area contributed by atoms with Crippen molar-refractivity contribution in [2.75, 3.05) is 20.2 Å². The van der Waals surface area contributed by atoms with E-state index in [-0.39, 0.29) is 0 Å². The van der Waals surface area contributed by atoms with Crippen LogP contribution in [0.25, 0.3) is 0 Å². The molecular formula is C14H22N2O. The number of benzene rings is 1. The lowest BCUT2D eigenvalue weighted by atomic mass is 10.0. The zero-order valence-electron chi connectivity index (χ0n) is 10.8. The Kier molecular flexibility index (Phi) is 4.02. The minimum Gasteiger partial charge on any atom is -0.496 e. The second kappa shape index (κ2) is 5.52. The van der Waals surface area contributed by atoms with Gasteiger partial charge in [-0.3, -0.25) is 4.90 Å². The van der Waals surface area contributed by atoms with E-state index >= 15 is 0 Å². The first kappa shape index (κ1) is 12.4. The number of hydrogen-bond acceptors (Lipinski definition) is 3. The Balaban J connectivity index is 2.00. The van der Waals surface area contributed by atoms with Crippen LogP contribution in [0.2, 0.25) is 0 Å². The van der Waals surface area contributed by atoms with Crippen LogP contribution in [0, 0.1) is 6.92 Å². The Morgan fingerprint density at radius 2 is 2.29 bits per heavy atom. The number of ether oxygens (including phenoxy) is 1. The van der Waals surface area contributed by atoms with Crippen LogP contribution in [0.3, 0.4) is 0 Å².